The highest BCUT2D eigenvalue weighted by Gasteiger charge is 2.38. The molecule has 0 amide bonds. The largest absolute Gasteiger partial charge is 0.416 e. The second-order valence-electron chi connectivity index (χ2n) is 6.35. The summed E-state index contributed by atoms with van der Waals surface area (Å²) >= 11 is 0. The normalized spacial score (nSPS) is 25.1. The molecule has 1 aliphatic heterocycles. The van der Waals surface area contributed by atoms with Gasteiger partial charge in [0.15, 0.2) is 0 Å². The first-order chi connectivity index (χ1) is 10.5. The minimum Gasteiger partial charge on any atom is -0.375 e. The number of pyridine rings is 1. The van der Waals surface area contributed by atoms with Gasteiger partial charge >= 0.3 is 6.18 Å². The Morgan fingerprint density at radius 2 is 2.00 bits per heavy atom. The van der Waals surface area contributed by atoms with Gasteiger partial charge in [-0.3, -0.25) is 0 Å². The van der Waals surface area contributed by atoms with Crippen molar-refractivity contribution in [1.82, 2.24) is 4.98 Å². The van der Waals surface area contributed by atoms with E-state index in [4.69, 9.17) is 4.74 Å². The smallest absolute Gasteiger partial charge is 0.375 e. The number of rotatable bonds is 2. The molecule has 122 valence electrons. The lowest BCUT2D eigenvalue weighted by Gasteiger charge is -2.43. The summed E-state index contributed by atoms with van der Waals surface area (Å²) in [5.41, 5.74) is -0.736. The van der Waals surface area contributed by atoms with Crippen LogP contribution >= 0.6 is 0 Å². The monoisotopic (exact) mass is 314 g/mol. The fourth-order valence-electron chi connectivity index (χ4n) is 3.59. The van der Waals surface area contributed by atoms with Gasteiger partial charge in [0.2, 0.25) is 0 Å². The zero-order valence-electron chi connectivity index (χ0n) is 12.5. The maximum absolute atomic E-state index is 12.8. The molecule has 1 atom stereocenters. The van der Waals surface area contributed by atoms with E-state index < -0.39 is 11.7 Å². The Bertz CT molecular complexity index is 507. The van der Waals surface area contributed by atoms with E-state index in [1.54, 1.807) is 0 Å². The van der Waals surface area contributed by atoms with Crippen LogP contribution in [0, 0.1) is 0 Å². The van der Waals surface area contributed by atoms with Crippen molar-refractivity contribution >= 4 is 5.82 Å². The number of hydrogen-bond acceptors (Lipinski definition) is 3. The van der Waals surface area contributed by atoms with Crippen molar-refractivity contribution in [3.63, 3.8) is 0 Å². The topological polar surface area (TPSA) is 34.2 Å². The van der Waals surface area contributed by atoms with Crippen LogP contribution in [0.4, 0.5) is 19.0 Å². The summed E-state index contributed by atoms with van der Waals surface area (Å²) in [6, 6.07) is 2.21. The van der Waals surface area contributed by atoms with Crippen LogP contribution in [0.2, 0.25) is 0 Å². The number of nitrogens with one attached hydrogen (secondary N) is 1. The van der Waals surface area contributed by atoms with Gasteiger partial charge in [-0.15, -0.1) is 0 Å². The molecule has 6 heteroatoms. The molecule has 0 bridgehead atoms. The van der Waals surface area contributed by atoms with Crippen LogP contribution in [0.25, 0.3) is 0 Å². The van der Waals surface area contributed by atoms with Gasteiger partial charge in [-0.2, -0.15) is 13.2 Å². The molecule has 0 radical (unpaired) electrons. The van der Waals surface area contributed by atoms with E-state index in [2.05, 4.69) is 10.3 Å². The second-order valence-corrected chi connectivity index (χ2v) is 6.35. The molecule has 1 saturated heterocycles. The number of ether oxygens (including phenoxy) is 1. The maximum Gasteiger partial charge on any atom is 0.416 e. The average molecular weight is 314 g/mol. The van der Waals surface area contributed by atoms with E-state index >= 15 is 0 Å². The third-order valence-corrected chi connectivity index (χ3v) is 4.70. The van der Waals surface area contributed by atoms with E-state index in [0.29, 0.717) is 12.4 Å². The minimum absolute atomic E-state index is 0.0736. The number of hydrogen-bond donors (Lipinski definition) is 1. The highest BCUT2D eigenvalue weighted by Crippen LogP contribution is 2.39. The van der Waals surface area contributed by atoms with E-state index in [1.165, 1.54) is 25.5 Å². The van der Waals surface area contributed by atoms with E-state index in [0.717, 1.165) is 37.8 Å². The Morgan fingerprint density at radius 1 is 1.23 bits per heavy atom. The molecule has 1 unspecified atom stereocenters. The molecule has 1 aromatic heterocycles. The predicted molar refractivity (Wildman–Crippen MR) is 77.7 cm³/mol. The van der Waals surface area contributed by atoms with E-state index in [1.807, 2.05) is 0 Å². The Hall–Kier alpha value is -1.30. The quantitative estimate of drug-likeness (QED) is 0.879. The lowest BCUT2D eigenvalue weighted by molar-refractivity contribution is -0.137. The van der Waals surface area contributed by atoms with Crippen molar-refractivity contribution in [3.8, 4) is 0 Å². The first kappa shape index (κ1) is 15.6. The molecule has 2 aliphatic rings. The zero-order valence-corrected chi connectivity index (χ0v) is 12.5. The van der Waals surface area contributed by atoms with Gasteiger partial charge in [0.05, 0.1) is 11.2 Å². The summed E-state index contributed by atoms with van der Waals surface area (Å²) in [6.45, 7) is 0.663. The molecule has 22 heavy (non-hydrogen) atoms. The van der Waals surface area contributed by atoms with Gasteiger partial charge in [-0.25, -0.2) is 4.98 Å². The lowest BCUT2D eigenvalue weighted by atomic mass is 9.78. The van der Waals surface area contributed by atoms with Crippen molar-refractivity contribution in [3.05, 3.63) is 23.9 Å². The lowest BCUT2D eigenvalue weighted by Crippen LogP contribution is -2.45. The molecule has 1 spiro atoms. The summed E-state index contributed by atoms with van der Waals surface area (Å²) in [4.78, 5) is 4.03. The molecule has 1 aromatic rings. The fraction of sp³-hybridized carbons (Fsp3) is 0.688. The Labute approximate surface area is 128 Å². The van der Waals surface area contributed by atoms with Crippen molar-refractivity contribution in [2.75, 3.05) is 11.9 Å². The second kappa shape index (κ2) is 6.07. The predicted octanol–water partition coefficient (Wildman–Crippen LogP) is 4.39. The SMILES string of the molecule is FC(F)(F)c1ccnc(NC2CCOC3(CCCCC3)C2)c1. The molecule has 0 aromatic carbocycles. The molecule has 1 N–H and O–H groups in total. The molecule has 2 heterocycles. The van der Waals surface area contributed by atoms with Crippen LogP contribution in [-0.2, 0) is 10.9 Å². The van der Waals surface area contributed by atoms with Gasteiger partial charge in [0, 0.05) is 18.8 Å². The number of halogens is 3. The summed E-state index contributed by atoms with van der Waals surface area (Å²) in [5.74, 6) is 0.299. The summed E-state index contributed by atoms with van der Waals surface area (Å²) in [5, 5.41) is 3.17. The van der Waals surface area contributed by atoms with Crippen LogP contribution in [0.1, 0.15) is 50.5 Å². The van der Waals surface area contributed by atoms with Crippen molar-refractivity contribution in [2.45, 2.75) is 62.8 Å². The highest BCUT2D eigenvalue weighted by molar-refractivity contribution is 5.39. The summed E-state index contributed by atoms with van der Waals surface area (Å²) in [7, 11) is 0. The summed E-state index contributed by atoms with van der Waals surface area (Å²) < 4.78 is 44.3. The molecule has 1 aliphatic carbocycles. The average Bonchev–Trinajstić information content (AvgIpc) is 2.47. The zero-order chi connectivity index (χ0) is 15.6. The Kier molecular flexibility index (Phi) is 4.30. The molecule has 1 saturated carbocycles. The van der Waals surface area contributed by atoms with Gasteiger partial charge in [0.1, 0.15) is 5.82 Å². The Morgan fingerprint density at radius 3 is 2.73 bits per heavy atom. The number of aromatic nitrogens is 1. The highest BCUT2D eigenvalue weighted by atomic mass is 19.4. The third kappa shape index (κ3) is 3.54. The third-order valence-electron chi connectivity index (χ3n) is 4.70. The fourth-order valence-corrected chi connectivity index (χ4v) is 3.59. The maximum atomic E-state index is 12.8. The van der Waals surface area contributed by atoms with E-state index in [-0.39, 0.29) is 11.6 Å². The van der Waals surface area contributed by atoms with Crippen LogP contribution in [0.15, 0.2) is 18.3 Å². The van der Waals surface area contributed by atoms with Crippen LogP contribution < -0.4 is 5.32 Å². The molecule has 2 fully saturated rings. The number of anilines is 1. The number of alkyl halides is 3. The minimum atomic E-state index is -4.33. The molecule has 3 nitrogen and oxygen atoms in total. The first-order valence-electron chi connectivity index (χ1n) is 7.91. The standard InChI is InChI=1S/C16H21F3N2O/c17-16(18,19)12-4-8-20-14(10-12)21-13-5-9-22-15(11-13)6-2-1-3-7-15/h4,8,10,13H,1-3,5-7,9,11H2,(H,20,21). The van der Waals surface area contributed by atoms with Crippen LogP contribution in [0.3, 0.4) is 0 Å². The number of nitrogens with zero attached hydrogens (tertiary/aromatic N) is 1. The first-order valence-corrected chi connectivity index (χ1v) is 7.91. The van der Waals surface area contributed by atoms with Crippen LogP contribution in [0.5, 0.6) is 0 Å². The summed E-state index contributed by atoms with van der Waals surface area (Å²) in [6.07, 6.45) is 4.24. The molecule has 3 rings (SSSR count). The molecular formula is C16H21F3N2O. The van der Waals surface area contributed by atoms with Crippen LogP contribution in [-0.4, -0.2) is 23.2 Å². The Balaban J connectivity index is 1.68. The van der Waals surface area contributed by atoms with Gasteiger partial charge in [-0.1, -0.05) is 19.3 Å². The van der Waals surface area contributed by atoms with Crippen molar-refractivity contribution in [1.29, 1.82) is 0 Å². The van der Waals surface area contributed by atoms with E-state index in [9.17, 15) is 13.2 Å². The van der Waals surface area contributed by atoms with Crippen molar-refractivity contribution in [2.24, 2.45) is 0 Å². The molecular weight excluding hydrogens is 293 g/mol. The van der Waals surface area contributed by atoms with Gasteiger partial charge in [0.25, 0.3) is 0 Å². The van der Waals surface area contributed by atoms with Gasteiger partial charge < -0.3 is 10.1 Å². The van der Waals surface area contributed by atoms with Gasteiger partial charge in [-0.05, 0) is 37.8 Å². The van der Waals surface area contributed by atoms with Crippen molar-refractivity contribution < 1.29 is 17.9 Å².